The van der Waals surface area contributed by atoms with Crippen LogP contribution in [-0.2, 0) is 0 Å². The Kier molecular flexibility index (Phi) is 2.42. The van der Waals surface area contributed by atoms with E-state index >= 15 is 0 Å². The Morgan fingerprint density at radius 2 is 2.31 bits per heavy atom. The number of anilines is 1. The van der Waals surface area contributed by atoms with Gasteiger partial charge in [0.1, 0.15) is 0 Å². The van der Waals surface area contributed by atoms with Gasteiger partial charge in [-0.05, 0) is 37.1 Å². The predicted molar refractivity (Wildman–Crippen MR) is 55.8 cm³/mol. The summed E-state index contributed by atoms with van der Waals surface area (Å²) in [4.78, 5) is 0. The third kappa shape index (κ3) is 1.79. The molecule has 1 aromatic carbocycles. The molecule has 2 rings (SSSR count). The van der Waals surface area contributed by atoms with E-state index in [1.54, 1.807) is 0 Å². The monoisotopic (exact) mass is 196 g/mol. The van der Waals surface area contributed by atoms with Crippen molar-refractivity contribution in [3.05, 3.63) is 28.8 Å². The second-order valence-corrected chi connectivity index (χ2v) is 3.86. The molecule has 0 spiro atoms. The first-order valence-electron chi connectivity index (χ1n) is 4.55. The van der Waals surface area contributed by atoms with Gasteiger partial charge in [-0.1, -0.05) is 17.7 Å². The van der Waals surface area contributed by atoms with Crippen molar-refractivity contribution in [2.24, 2.45) is 0 Å². The SMILES string of the molecule is Nc1cc(Cl)ccc1[C@@H]1CCCN1. The molecule has 1 aromatic rings. The summed E-state index contributed by atoms with van der Waals surface area (Å²) >= 11 is 5.82. The van der Waals surface area contributed by atoms with Gasteiger partial charge in [-0.25, -0.2) is 0 Å². The maximum Gasteiger partial charge on any atom is 0.0426 e. The molecule has 0 aromatic heterocycles. The molecule has 70 valence electrons. The van der Waals surface area contributed by atoms with Crippen LogP contribution in [0.4, 0.5) is 5.69 Å². The lowest BCUT2D eigenvalue weighted by molar-refractivity contribution is 0.650. The number of hydrogen-bond acceptors (Lipinski definition) is 2. The summed E-state index contributed by atoms with van der Waals surface area (Å²) in [6, 6.07) is 6.15. The van der Waals surface area contributed by atoms with Gasteiger partial charge in [0.15, 0.2) is 0 Å². The number of nitrogen functional groups attached to an aromatic ring is 1. The zero-order valence-corrected chi connectivity index (χ0v) is 8.14. The topological polar surface area (TPSA) is 38.0 Å². The number of halogens is 1. The molecule has 0 radical (unpaired) electrons. The van der Waals surface area contributed by atoms with Crippen molar-refractivity contribution in [3.8, 4) is 0 Å². The Morgan fingerprint density at radius 1 is 1.46 bits per heavy atom. The zero-order chi connectivity index (χ0) is 9.26. The number of benzene rings is 1. The van der Waals surface area contributed by atoms with Crippen molar-refractivity contribution in [2.75, 3.05) is 12.3 Å². The second-order valence-electron chi connectivity index (χ2n) is 3.42. The summed E-state index contributed by atoms with van der Waals surface area (Å²) in [5.74, 6) is 0. The maximum absolute atomic E-state index is 5.88. The van der Waals surface area contributed by atoms with E-state index in [1.807, 2.05) is 18.2 Å². The van der Waals surface area contributed by atoms with Crippen molar-refractivity contribution in [1.29, 1.82) is 0 Å². The molecule has 1 fully saturated rings. The van der Waals surface area contributed by atoms with Crippen LogP contribution in [0.3, 0.4) is 0 Å². The highest BCUT2D eigenvalue weighted by Gasteiger charge is 2.17. The van der Waals surface area contributed by atoms with E-state index in [0.29, 0.717) is 11.1 Å². The van der Waals surface area contributed by atoms with E-state index in [1.165, 1.54) is 18.4 Å². The fourth-order valence-corrected chi connectivity index (χ4v) is 1.99. The molecular weight excluding hydrogens is 184 g/mol. The van der Waals surface area contributed by atoms with Gasteiger partial charge in [-0.3, -0.25) is 0 Å². The van der Waals surface area contributed by atoms with Crippen molar-refractivity contribution >= 4 is 17.3 Å². The summed E-state index contributed by atoms with van der Waals surface area (Å²) in [5, 5.41) is 4.12. The molecule has 1 saturated heterocycles. The molecule has 0 bridgehead atoms. The quantitative estimate of drug-likeness (QED) is 0.677. The van der Waals surface area contributed by atoms with Crippen LogP contribution in [0.1, 0.15) is 24.4 Å². The molecule has 0 aliphatic carbocycles. The molecule has 0 unspecified atom stereocenters. The minimum Gasteiger partial charge on any atom is -0.398 e. The normalized spacial score (nSPS) is 22.1. The summed E-state index contributed by atoms with van der Waals surface area (Å²) < 4.78 is 0. The minimum absolute atomic E-state index is 0.428. The summed E-state index contributed by atoms with van der Waals surface area (Å²) in [6.45, 7) is 1.09. The largest absolute Gasteiger partial charge is 0.398 e. The van der Waals surface area contributed by atoms with Gasteiger partial charge in [-0.2, -0.15) is 0 Å². The lowest BCUT2D eigenvalue weighted by Gasteiger charge is -2.13. The highest BCUT2D eigenvalue weighted by Crippen LogP contribution is 2.29. The molecule has 1 atom stereocenters. The highest BCUT2D eigenvalue weighted by atomic mass is 35.5. The van der Waals surface area contributed by atoms with Crippen molar-refractivity contribution < 1.29 is 0 Å². The Hall–Kier alpha value is -0.730. The van der Waals surface area contributed by atoms with Gasteiger partial charge in [0.05, 0.1) is 0 Å². The third-order valence-corrected chi connectivity index (χ3v) is 2.72. The molecule has 3 heteroatoms. The van der Waals surface area contributed by atoms with Crippen LogP contribution in [0, 0.1) is 0 Å². The van der Waals surface area contributed by atoms with Crippen LogP contribution in [-0.4, -0.2) is 6.54 Å². The smallest absolute Gasteiger partial charge is 0.0426 e. The van der Waals surface area contributed by atoms with Crippen LogP contribution >= 0.6 is 11.6 Å². The number of nitrogens with one attached hydrogen (secondary N) is 1. The maximum atomic E-state index is 5.88. The van der Waals surface area contributed by atoms with Gasteiger partial charge in [0, 0.05) is 16.8 Å². The van der Waals surface area contributed by atoms with Crippen LogP contribution in [0.15, 0.2) is 18.2 Å². The van der Waals surface area contributed by atoms with E-state index in [2.05, 4.69) is 5.32 Å². The van der Waals surface area contributed by atoms with E-state index in [9.17, 15) is 0 Å². The Bertz CT molecular complexity index is 306. The van der Waals surface area contributed by atoms with Gasteiger partial charge >= 0.3 is 0 Å². The molecule has 2 nitrogen and oxygen atoms in total. The van der Waals surface area contributed by atoms with Crippen molar-refractivity contribution in [3.63, 3.8) is 0 Å². The summed E-state index contributed by atoms with van der Waals surface area (Å²) in [5.41, 5.74) is 7.86. The number of hydrogen-bond donors (Lipinski definition) is 2. The molecule has 1 aliphatic rings. The molecule has 0 saturated carbocycles. The summed E-state index contributed by atoms with van der Waals surface area (Å²) in [7, 11) is 0. The third-order valence-electron chi connectivity index (χ3n) is 2.48. The van der Waals surface area contributed by atoms with Crippen LogP contribution < -0.4 is 11.1 Å². The van der Waals surface area contributed by atoms with Crippen molar-refractivity contribution in [1.82, 2.24) is 5.32 Å². The van der Waals surface area contributed by atoms with E-state index in [0.717, 1.165) is 12.2 Å². The van der Waals surface area contributed by atoms with E-state index < -0.39 is 0 Å². The summed E-state index contributed by atoms with van der Waals surface area (Å²) in [6.07, 6.45) is 2.40. The molecule has 1 aliphatic heterocycles. The standard InChI is InChI=1S/C10H13ClN2/c11-7-3-4-8(9(12)6-7)10-2-1-5-13-10/h3-4,6,10,13H,1-2,5,12H2/t10-/m0/s1. The van der Waals surface area contributed by atoms with Crippen LogP contribution in [0.5, 0.6) is 0 Å². The fourth-order valence-electron chi connectivity index (χ4n) is 1.81. The highest BCUT2D eigenvalue weighted by molar-refractivity contribution is 6.30. The minimum atomic E-state index is 0.428. The first-order chi connectivity index (χ1) is 6.27. The van der Waals surface area contributed by atoms with Crippen molar-refractivity contribution in [2.45, 2.75) is 18.9 Å². The first-order valence-corrected chi connectivity index (χ1v) is 4.93. The average Bonchev–Trinajstić information content (AvgIpc) is 2.56. The van der Waals surface area contributed by atoms with Gasteiger partial charge in [0.2, 0.25) is 0 Å². The Labute approximate surface area is 83.1 Å². The molecule has 13 heavy (non-hydrogen) atoms. The van der Waals surface area contributed by atoms with Gasteiger partial charge in [0.25, 0.3) is 0 Å². The Balaban J connectivity index is 2.29. The van der Waals surface area contributed by atoms with Gasteiger partial charge < -0.3 is 11.1 Å². The number of rotatable bonds is 1. The number of nitrogens with two attached hydrogens (primary N) is 1. The average molecular weight is 197 g/mol. The van der Waals surface area contributed by atoms with Crippen LogP contribution in [0.25, 0.3) is 0 Å². The van der Waals surface area contributed by atoms with Crippen LogP contribution in [0.2, 0.25) is 5.02 Å². The Morgan fingerprint density at radius 3 is 2.92 bits per heavy atom. The first kappa shape index (κ1) is 8.85. The van der Waals surface area contributed by atoms with E-state index in [4.69, 9.17) is 17.3 Å². The lowest BCUT2D eigenvalue weighted by atomic mass is 10.0. The molecule has 1 heterocycles. The molecule has 0 amide bonds. The molecule has 3 N–H and O–H groups in total. The second kappa shape index (κ2) is 3.56. The molecular formula is C10H13ClN2. The van der Waals surface area contributed by atoms with Gasteiger partial charge in [-0.15, -0.1) is 0 Å². The zero-order valence-electron chi connectivity index (χ0n) is 7.39. The predicted octanol–water partition coefficient (Wildman–Crippen LogP) is 2.35. The van der Waals surface area contributed by atoms with E-state index in [-0.39, 0.29) is 0 Å². The lowest BCUT2D eigenvalue weighted by Crippen LogP contribution is -2.14. The fraction of sp³-hybridized carbons (Fsp3) is 0.400.